The van der Waals surface area contributed by atoms with Crippen LogP contribution in [0.25, 0.3) is 0 Å². The van der Waals surface area contributed by atoms with Crippen molar-refractivity contribution < 1.29 is 4.79 Å². The number of fused-ring (bicyclic) bond motifs is 1. The molecule has 0 saturated carbocycles. The Bertz CT molecular complexity index is 921. The van der Waals surface area contributed by atoms with Crippen LogP contribution in [0.1, 0.15) is 27.0 Å². The molecule has 2 N–H and O–H groups in total. The molecule has 25 heavy (non-hydrogen) atoms. The fourth-order valence-electron chi connectivity index (χ4n) is 3.40. The fourth-order valence-corrected chi connectivity index (χ4v) is 3.40. The number of aromatic nitrogens is 1. The van der Waals surface area contributed by atoms with Crippen LogP contribution in [0.2, 0.25) is 0 Å². The van der Waals surface area contributed by atoms with E-state index in [1.165, 1.54) is 11.1 Å². The molecule has 2 heterocycles. The molecule has 3 aromatic rings. The van der Waals surface area contributed by atoms with Crippen molar-refractivity contribution in [2.75, 3.05) is 11.4 Å². The Morgan fingerprint density at radius 1 is 1.20 bits per heavy atom. The zero-order valence-corrected chi connectivity index (χ0v) is 13.8. The van der Waals surface area contributed by atoms with Gasteiger partial charge in [0.1, 0.15) is 5.82 Å². The van der Waals surface area contributed by atoms with Gasteiger partial charge < -0.3 is 10.6 Å². The molecule has 1 aromatic heterocycles. The van der Waals surface area contributed by atoms with E-state index >= 15 is 0 Å². The quantitative estimate of drug-likeness (QED) is 0.799. The molecule has 4 rings (SSSR count). The van der Waals surface area contributed by atoms with Gasteiger partial charge in [-0.3, -0.25) is 4.79 Å². The first-order valence-electron chi connectivity index (χ1n) is 8.31. The number of nitrogens with zero attached hydrogens (tertiary/aromatic N) is 2. The molecule has 1 radical (unpaired) electrons. The first-order valence-corrected chi connectivity index (χ1v) is 8.31. The number of anilines is 2. The largest absolute Gasteiger partial charge is 0.366 e. The van der Waals surface area contributed by atoms with Crippen LogP contribution in [0.15, 0.2) is 60.8 Å². The van der Waals surface area contributed by atoms with Crippen molar-refractivity contribution in [1.29, 1.82) is 0 Å². The smallest absolute Gasteiger partial charge is 0.249 e. The third kappa shape index (κ3) is 2.98. The van der Waals surface area contributed by atoms with Crippen LogP contribution in [0.3, 0.4) is 0 Å². The molecular formula is C21H18N3O. The Balaban J connectivity index is 1.66. The maximum atomic E-state index is 11.6. The van der Waals surface area contributed by atoms with E-state index in [0.717, 1.165) is 36.5 Å². The Hall–Kier alpha value is -3.14. The van der Waals surface area contributed by atoms with Crippen molar-refractivity contribution in [2.45, 2.75) is 12.8 Å². The average Bonchev–Trinajstić information content (AvgIpc) is 3.07. The molecule has 0 spiro atoms. The molecular weight excluding hydrogens is 310 g/mol. The minimum absolute atomic E-state index is 0.374. The second-order valence-electron chi connectivity index (χ2n) is 6.18. The summed E-state index contributed by atoms with van der Waals surface area (Å²) >= 11 is 0. The summed E-state index contributed by atoms with van der Waals surface area (Å²) in [5, 5.41) is 0. The molecule has 0 fully saturated rings. The number of benzene rings is 2. The monoisotopic (exact) mass is 328 g/mol. The van der Waals surface area contributed by atoms with Crippen LogP contribution < -0.4 is 10.6 Å². The number of carbonyl (C=O) groups excluding carboxylic acids is 1. The van der Waals surface area contributed by atoms with E-state index in [0.29, 0.717) is 5.56 Å². The van der Waals surface area contributed by atoms with Gasteiger partial charge in [0.2, 0.25) is 5.91 Å². The van der Waals surface area contributed by atoms with Gasteiger partial charge in [0, 0.05) is 24.0 Å². The van der Waals surface area contributed by atoms with Gasteiger partial charge in [0.25, 0.3) is 0 Å². The number of nitrogens with two attached hydrogens (primary N) is 1. The maximum absolute atomic E-state index is 11.6. The van der Waals surface area contributed by atoms with Crippen LogP contribution in [-0.4, -0.2) is 17.4 Å². The van der Waals surface area contributed by atoms with Crippen molar-refractivity contribution in [3.8, 4) is 0 Å². The molecule has 4 heteroatoms. The Morgan fingerprint density at radius 2 is 2.12 bits per heavy atom. The van der Waals surface area contributed by atoms with Gasteiger partial charge in [0.05, 0.1) is 0 Å². The van der Waals surface area contributed by atoms with E-state index in [4.69, 9.17) is 5.73 Å². The van der Waals surface area contributed by atoms with Gasteiger partial charge in [-0.1, -0.05) is 30.3 Å². The maximum Gasteiger partial charge on any atom is 0.249 e. The third-order valence-electron chi connectivity index (χ3n) is 4.56. The standard InChI is InChI=1S/C21H18N3O/c22-21(25)18-7-4-8-19-17(18)10-12-24(19)20-14-16(9-11-23-20)13-15-5-2-1-3-6-15/h1-2,4-9,11,14H,10,12-13H2,(H2,22,25). The molecule has 0 unspecified atom stereocenters. The molecule has 0 aliphatic carbocycles. The van der Waals surface area contributed by atoms with E-state index in [-0.39, 0.29) is 5.91 Å². The summed E-state index contributed by atoms with van der Waals surface area (Å²) in [5.74, 6) is 0.526. The lowest BCUT2D eigenvalue weighted by molar-refractivity contribution is 0.0999. The first-order chi connectivity index (χ1) is 12.2. The second kappa shape index (κ2) is 6.40. The number of rotatable bonds is 4. The fraction of sp³-hybridized carbons (Fsp3) is 0.143. The Labute approximate surface area is 146 Å². The van der Waals surface area contributed by atoms with E-state index in [9.17, 15) is 4.79 Å². The highest BCUT2D eigenvalue weighted by Crippen LogP contribution is 2.35. The zero-order chi connectivity index (χ0) is 17.2. The third-order valence-corrected chi connectivity index (χ3v) is 4.56. The van der Waals surface area contributed by atoms with Crippen molar-refractivity contribution in [1.82, 2.24) is 4.98 Å². The highest BCUT2D eigenvalue weighted by molar-refractivity contribution is 5.96. The number of primary amides is 1. The topological polar surface area (TPSA) is 59.2 Å². The van der Waals surface area contributed by atoms with Gasteiger partial charge in [-0.05, 0) is 59.9 Å². The lowest BCUT2D eigenvalue weighted by atomic mass is 10.0. The molecule has 4 nitrogen and oxygen atoms in total. The van der Waals surface area contributed by atoms with Gasteiger partial charge >= 0.3 is 0 Å². The molecule has 123 valence electrons. The summed E-state index contributed by atoms with van der Waals surface area (Å²) in [6.45, 7) is 0.801. The summed E-state index contributed by atoms with van der Waals surface area (Å²) < 4.78 is 0. The summed E-state index contributed by atoms with van der Waals surface area (Å²) in [6, 6.07) is 21.0. The minimum atomic E-state index is -0.374. The molecule has 1 aliphatic rings. The number of amides is 1. The SMILES string of the molecule is NC(=O)c1cccc2c1CCN2c1cc(Cc2c[c]ccc2)ccn1. The van der Waals surface area contributed by atoms with Crippen molar-refractivity contribution in [3.63, 3.8) is 0 Å². The number of carbonyl (C=O) groups is 1. The van der Waals surface area contributed by atoms with Crippen LogP contribution in [0.4, 0.5) is 11.5 Å². The van der Waals surface area contributed by atoms with Crippen LogP contribution in [-0.2, 0) is 12.8 Å². The van der Waals surface area contributed by atoms with Gasteiger partial charge in [-0.15, -0.1) is 0 Å². The second-order valence-corrected chi connectivity index (χ2v) is 6.18. The average molecular weight is 328 g/mol. The molecule has 0 bridgehead atoms. The molecule has 2 aromatic carbocycles. The van der Waals surface area contributed by atoms with Gasteiger partial charge in [-0.25, -0.2) is 4.98 Å². The summed E-state index contributed by atoms with van der Waals surface area (Å²) in [6.07, 6.45) is 3.48. The summed E-state index contributed by atoms with van der Waals surface area (Å²) in [4.78, 5) is 18.3. The first kappa shape index (κ1) is 15.4. The van der Waals surface area contributed by atoms with Crippen molar-refractivity contribution in [2.24, 2.45) is 5.73 Å². The van der Waals surface area contributed by atoms with E-state index in [1.54, 1.807) is 6.07 Å². The van der Waals surface area contributed by atoms with E-state index in [1.807, 2.05) is 42.6 Å². The van der Waals surface area contributed by atoms with Crippen molar-refractivity contribution in [3.05, 3.63) is 89.1 Å². The summed E-state index contributed by atoms with van der Waals surface area (Å²) in [5.41, 5.74) is 10.6. The number of hydrogen-bond acceptors (Lipinski definition) is 3. The van der Waals surface area contributed by atoms with E-state index < -0.39 is 0 Å². The summed E-state index contributed by atoms with van der Waals surface area (Å²) in [7, 11) is 0. The minimum Gasteiger partial charge on any atom is -0.366 e. The van der Waals surface area contributed by atoms with Crippen LogP contribution in [0.5, 0.6) is 0 Å². The Morgan fingerprint density at radius 3 is 2.92 bits per heavy atom. The van der Waals surface area contributed by atoms with Gasteiger partial charge in [-0.2, -0.15) is 0 Å². The lowest BCUT2D eigenvalue weighted by Crippen LogP contribution is -2.15. The van der Waals surface area contributed by atoms with Crippen molar-refractivity contribution >= 4 is 17.4 Å². The zero-order valence-electron chi connectivity index (χ0n) is 13.8. The van der Waals surface area contributed by atoms with Crippen LogP contribution >= 0.6 is 0 Å². The lowest BCUT2D eigenvalue weighted by Gasteiger charge is -2.19. The van der Waals surface area contributed by atoms with E-state index in [2.05, 4.69) is 28.1 Å². The molecule has 1 aliphatic heterocycles. The molecule has 1 amide bonds. The number of hydrogen-bond donors (Lipinski definition) is 1. The highest BCUT2D eigenvalue weighted by atomic mass is 16.1. The molecule has 0 atom stereocenters. The predicted molar refractivity (Wildman–Crippen MR) is 98.0 cm³/mol. The normalized spacial score (nSPS) is 12.9. The van der Waals surface area contributed by atoms with Gasteiger partial charge in [0.15, 0.2) is 0 Å². The van der Waals surface area contributed by atoms with Crippen LogP contribution in [0, 0.1) is 6.07 Å². The number of pyridine rings is 1. The molecule has 0 saturated heterocycles. The predicted octanol–water partition coefficient (Wildman–Crippen LogP) is 3.27. The Kier molecular flexibility index (Phi) is 3.94. The highest BCUT2D eigenvalue weighted by Gasteiger charge is 2.25.